The summed E-state index contributed by atoms with van der Waals surface area (Å²) in [6.07, 6.45) is 1.36. The minimum Gasteiger partial charge on any atom is -0.479 e. The van der Waals surface area contributed by atoms with Crippen LogP contribution in [0.2, 0.25) is 0 Å². The zero-order valence-electron chi connectivity index (χ0n) is 14.3. The molecule has 1 aliphatic heterocycles. The Morgan fingerprint density at radius 1 is 1.28 bits per heavy atom. The molecule has 25 heavy (non-hydrogen) atoms. The van der Waals surface area contributed by atoms with Crippen LogP contribution in [0.3, 0.4) is 0 Å². The van der Waals surface area contributed by atoms with Gasteiger partial charge in [-0.05, 0) is 38.1 Å². The Morgan fingerprint density at radius 2 is 2.04 bits per heavy atom. The van der Waals surface area contributed by atoms with Crippen LogP contribution in [0, 0.1) is 0 Å². The predicted octanol–water partition coefficient (Wildman–Crippen LogP) is 2.46. The van der Waals surface area contributed by atoms with Gasteiger partial charge in [-0.3, -0.25) is 14.6 Å². The Morgan fingerprint density at radius 3 is 2.80 bits per heavy atom. The first-order valence-electron chi connectivity index (χ1n) is 8.33. The van der Waals surface area contributed by atoms with Crippen LogP contribution in [0.15, 0.2) is 48.7 Å². The summed E-state index contributed by atoms with van der Waals surface area (Å²) in [4.78, 5) is 30.5. The van der Waals surface area contributed by atoms with Crippen molar-refractivity contribution in [3.8, 4) is 5.75 Å². The number of carbonyl (C=O) groups excluding carboxylic acids is 2. The first-order chi connectivity index (χ1) is 12.1. The molecule has 0 spiro atoms. The Hall–Kier alpha value is -2.89. The lowest BCUT2D eigenvalue weighted by Crippen LogP contribution is -2.45. The van der Waals surface area contributed by atoms with Crippen molar-refractivity contribution < 1.29 is 14.3 Å². The van der Waals surface area contributed by atoms with E-state index < -0.39 is 6.10 Å². The summed E-state index contributed by atoms with van der Waals surface area (Å²) >= 11 is 0. The van der Waals surface area contributed by atoms with Crippen LogP contribution in [0.4, 0.5) is 5.69 Å². The molecular formula is C19H21N3O3. The number of hydrogen-bond donors (Lipinski definition) is 1. The molecule has 0 saturated heterocycles. The van der Waals surface area contributed by atoms with E-state index >= 15 is 0 Å². The van der Waals surface area contributed by atoms with Gasteiger partial charge >= 0.3 is 0 Å². The molecule has 2 atom stereocenters. The van der Waals surface area contributed by atoms with Gasteiger partial charge in [-0.1, -0.05) is 18.2 Å². The molecule has 0 fully saturated rings. The van der Waals surface area contributed by atoms with Crippen molar-refractivity contribution in [2.75, 3.05) is 11.4 Å². The van der Waals surface area contributed by atoms with E-state index in [1.807, 2.05) is 49.4 Å². The molecule has 1 aromatic carbocycles. The zero-order chi connectivity index (χ0) is 17.8. The second-order valence-corrected chi connectivity index (χ2v) is 6.01. The van der Waals surface area contributed by atoms with E-state index in [2.05, 4.69) is 10.3 Å². The summed E-state index contributed by atoms with van der Waals surface area (Å²) in [5.74, 6) is 0.406. The van der Waals surface area contributed by atoms with Gasteiger partial charge in [0, 0.05) is 19.2 Å². The number of aromatic nitrogens is 1. The maximum atomic E-state index is 12.4. The summed E-state index contributed by atoms with van der Waals surface area (Å²) in [7, 11) is 0. The normalized spacial score (nSPS) is 17.4. The molecule has 1 N–H and O–H groups in total. The van der Waals surface area contributed by atoms with Crippen LogP contribution >= 0.6 is 0 Å². The number of hydrogen-bond acceptors (Lipinski definition) is 4. The van der Waals surface area contributed by atoms with Crippen LogP contribution in [0.25, 0.3) is 0 Å². The molecule has 0 aliphatic carbocycles. The van der Waals surface area contributed by atoms with Gasteiger partial charge in [0.15, 0.2) is 6.10 Å². The molecule has 6 heteroatoms. The van der Waals surface area contributed by atoms with E-state index in [9.17, 15) is 9.59 Å². The molecular weight excluding hydrogens is 318 g/mol. The first-order valence-corrected chi connectivity index (χ1v) is 8.33. The number of carbonyl (C=O) groups is 2. The van der Waals surface area contributed by atoms with Crippen molar-refractivity contribution in [3.63, 3.8) is 0 Å². The predicted molar refractivity (Wildman–Crippen MR) is 94.3 cm³/mol. The highest BCUT2D eigenvalue weighted by Gasteiger charge is 2.31. The van der Waals surface area contributed by atoms with Crippen molar-refractivity contribution in [2.45, 2.75) is 32.4 Å². The molecule has 3 rings (SSSR count). The van der Waals surface area contributed by atoms with Crippen LogP contribution < -0.4 is 15.0 Å². The summed E-state index contributed by atoms with van der Waals surface area (Å²) < 4.78 is 5.60. The molecule has 1 aliphatic rings. The smallest absolute Gasteiger partial charge is 0.267 e. The van der Waals surface area contributed by atoms with E-state index in [1.165, 1.54) is 0 Å². The molecule has 0 bridgehead atoms. The van der Waals surface area contributed by atoms with Crippen molar-refractivity contribution in [1.82, 2.24) is 10.3 Å². The number of fused-ring (bicyclic) bond motifs is 1. The zero-order valence-corrected chi connectivity index (χ0v) is 14.3. The van der Waals surface area contributed by atoms with E-state index in [1.54, 1.807) is 18.0 Å². The van der Waals surface area contributed by atoms with Gasteiger partial charge in [0.25, 0.3) is 5.91 Å². The number of ether oxygens (including phenoxy) is 1. The van der Waals surface area contributed by atoms with Gasteiger partial charge in [-0.2, -0.15) is 0 Å². The quantitative estimate of drug-likeness (QED) is 0.908. The third kappa shape index (κ3) is 3.79. The number of amides is 2. The van der Waals surface area contributed by atoms with E-state index in [0.29, 0.717) is 18.0 Å². The van der Waals surface area contributed by atoms with Crippen LogP contribution in [-0.2, 0) is 9.59 Å². The number of pyridine rings is 1. The van der Waals surface area contributed by atoms with Gasteiger partial charge in [-0.25, -0.2) is 0 Å². The summed E-state index contributed by atoms with van der Waals surface area (Å²) in [5.41, 5.74) is 1.51. The van der Waals surface area contributed by atoms with E-state index in [0.717, 1.165) is 5.69 Å². The number of para-hydroxylation sites is 2. The molecule has 6 nitrogen and oxygen atoms in total. The molecule has 130 valence electrons. The second kappa shape index (κ2) is 7.34. The minimum absolute atomic E-state index is 0.123. The third-order valence-corrected chi connectivity index (χ3v) is 4.14. The van der Waals surface area contributed by atoms with Crippen molar-refractivity contribution >= 4 is 17.5 Å². The summed E-state index contributed by atoms with van der Waals surface area (Å²) in [5, 5.41) is 2.92. The number of anilines is 1. The second-order valence-electron chi connectivity index (χ2n) is 6.01. The maximum absolute atomic E-state index is 12.4. The lowest BCUT2D eigenvalue weighted by Gasteiger charge is -2.32. The van der Waals surface area contributed by atoms with Crippen LogP contribution in [-0.4, -0.2) is 29.4 Å². The average molecular weight is 339 g/mol. The number of benzene rings is 1. The molecule has 2 heterocycles. The monoisotopic (exact) mass is 339 g/mol. The minimum atomic E-state index is -0.551. The number of nitrogens with one attached hydrogen (secondary N) is 1. The fourth-order valence-corrected chi connectivity index (χ4v) is 2.82. The van der Waals surface area contributed by atoms with Crippen molar-refractivity contribution in [2.24, 2.45) is 0 Å². The fraction of sp³-hybridized carbons (Fsp3) is 0.316. The largest absolute Gasteiger partial charge is 0.479 e. The SMILES string of the molecule is C[C@H]1Oc2ccccc2N(CCC(=O)N[C@H](C)c2ccccn2)C1=O. The van der Waals surface area contributed by atoms with E-state index in [-0.39, 0.29) is 24.3 Å². The Kier molecular flexibility index (Phi) is 4.97. The molecule has 0 radical (unpaired) electrons. The molecule has 0 saturated carbocycles. The Bertz CT molecular complexity index is 764. The molecule has 0 unspecified atom stereocenters. The fourth-order valence-electron chi connectivity index (χ4n) is 2.82. The average Bonchev–Trinajstić information content (AvgIpc) is 2.63. The Labute approximate surface area is 146 Å². The number of rotatable bonds is 5. The highest BCUT2D eigenvalue weighted by molar-refractivity contribution is 6.00. The highest BCUT2D eigenvalue weighted by atomic mass is 16.5. The molecule has 2 aromatic rings. The van der Waals surface area contributed by atoms with Gasteiger partial charge < -0.3 is 15.0 Å². The van der Waals surface area contributed by atoms with Gasteiger partial charge in [0.1, 0.15) is 5.75 Å². The first kappa shape index (κ1) is 17.0. The molecule has 2 amide bonds. The standard InChI is InChI=1S/C19H21N3O3/c1-13(15-7-5-6-11-20-15)21-18(23)10-12-22-16-8-3-4-9-17(16)25-14(2)19(22)24/h3-9,11,13-14H,10,12H2,1-2H3,(H,21,23)/t13-,14-/m1/s1. The maximum Gasteiger partial charge on any atom is 0.267 e. The van der Waals surface area contributed by atoms with Gasteiger partial charge in [0.2, 0.25) is 5.91 Å². The Balaban J connectivity index is 1.63. The lowest BCUT2D eigenvalue weighted by atomic mass is 10.1. The third-order valence-electron chi connectivity index (χ3n) is 4.14. The number of nitrogens with zero attached hydrogens (tertiary/aromatic N) is 2. The lowest BCUT2D eigenvalue weighted by molar-refractivity contribution is -0.125. The highest BCUT2D eigenvalue weighted by Crippen LogP contribution is 2.33. The summed E-state index contributed by atoms with van der Waals surface area (Å²) in [6.45, 7) is 3.91. The van der Waals surface area contributed by atoms with E-state index in [4.69, 9.17) is 4.74 Å². The van der Waals surface area contributed by atoms with Gasteiger partial charge in [0.05, 0.1) is 17.4 Å². The van der Waals surface area contributed by atoms with Crippen molar-refractivity contribution in [1.29, 1.82) is 0 Å². The topological polar surface area (TPSA) is 71.5 Å². The van der Waals surface area contributed by atoms with Crippen molar-refractivity contribution in [3.05, 3.63) is 54.4 Å². The van der Waals surface area contributed by atoms with Crippen LogP contribution in [0.5, 0.6) is 5.75 Å². The van der Waals surface area contributed by atoms with Crippen LogP contribution in [0.1, 0.15) is 32.0 Å². The molecule has 1 aromatic heterocycles. The van der Waals surface area contributed by atoms with Gasteiger partial charge in [-0.15, -0.1) is 0 Å². The summed E-state index contributed by atoms with van der Waals surface area (Å²) in [6, 6.07) is 12.8.